The molecule has 5 rings (SSSR count). The van der Waals surface area contributed by atoms with Gasteiger partial charge in [-0.2, -0.15) is 0 Å². The standard InChI is InChI=1S/5C7H8O2.Sb/c5*1-9-7-5-3-2-4-6(7)8;/h5*2-5,8H,1H3;/q;;;;;+5/p-5. The van der Waals surface area contributed by atoms with Crippen LogP contribution in [0.2, 0.25) is 0 Å². The summed E-state index contributed by atoms with van der Waals surface area (Å²) in [5.41, 5.74) is 0. The van der Waals surface area contributed by atoms with Crippen molar-refractivity contribution >= 4 is 19.5 Å². The van der Waals surface area contributed by atoms with Gasteiger partial charge in [0.25, 0.3) is 0 Å². The predicted molar refractivity (Wildman–Crippen MR) is 174 cm³/mol. The van der Waals surface area contributed by atoms with Gasteiger partial charge in [0.15, 0.2) is 0 Å². The Labute approximate surface area is 271 Å². The summed E-state index contributed by atoms with van der Waals surface area (Å²) < 4.78 is 63.5. The second-order valence-electron chi connectivity index (χ2n) is 9.46. The fraction of sp³-hybridized carbons (Fsp3) is 0.143. The average Bonchev–Trinajstić information content (AvgIpc) is 3.09. The van der Waals surface area contributed by atoms with Crippen molar-refractivity contribution in [2.75, 3.05) is 35.5 Å². The van der Waals surface area contributed by atoms with E-state index >= 15 is 0 Å². The van der Waals surface area contributed by atoms with Crippen LogP contribution in [0.4, 0.5) is 0 Å². The van der Waals surface area contributed by atoms with Gasteiger partial charge in [0.05, 0.1) is 0 Å². The van der Waals surface area contributed by atoms with Gasteiger partial charge in [-0.1, -0.05) is 0 Å². The average molecular weight is 737 g/mol. The zero-order valence-corrected chi connectivity index (χ0v) is 28.6. The maximum atomic E-state index is 6.99. The Balaban J connectivity index is 1.92. The fourth-order valence-corrected chi connectivity index (χ4v) is 12.3. The SMILES string of the molecule is COc1ccccc1[O][Sb]([O]c1ccccc1OC)([O]c1ccccc1OC)([O]c1ccccc1OC)[O]c1ccccc1OC. The molecule has 0 saturated carbocycles. The molecule has 0 amide bonds. The molecule has 0 unspecified atom stereocenters. The minimum absolute atomic E-state index is 0.210. The van der Waals surface area contributed by atoms with Gasteiger partial charge >= 0.3 is 273 Å². The first-order chi connectivity index (χ1) is 22.4. The van der Waals surface area contributed by atoms with E-state index in [1.165, 1.54) is 35.5 Å². The first-order valence-electron chi connectivity index (χ1n) is 14.1. The Kier molecular flexibility index (Phi) is 10.1. The summed E-state index contributed by atoms with van der Waals surface area (Å²) >= 11 is -6.95. The minimum atomic E-state index is -6.95. The predicted octanol–water partition coefficient (Wildman–Crippen LogP) is 7.31. The molecule has 0 saturated heterocycles. The Morgan fingerprint density at radius 3 is 0.565 bits per heavy atom. The topological polar surface area (TPSA) is 92.3 Å². The number of hydrogen-bond donors (Lipinski definition) is 0. The summed E-state index contributed by atoms with van der Waals surface area (Å²) in [6, 6.07) is 35.0. The van der Waals surface area contributed by atoms with Crippen molar-refractivity contribution in [3.8, 4) is 57.5 Å². The van der Waals surface area contributed by atoms with Crippen LogP contribution in [0, 0.1) is 0 Å². The molecule has 0 aliphatic carbocycles. The van der Waals surface area contributed by atoms with E-state index in [1.807, 2.05) is 0 Å². The number of hydrogen-bond acceptors (Lipinski definition) is 10. The molecule has 46 heavy (non-hydrogen) atoms. The molecule has 240 valence electrons. The van der Waals surface area contributed by atoms with Crippen LogP contribution in [0.5, 0.6) is 57.5 Å². The van der Waals surface area contributed by atoms with Crippen molar-refractivity contribution in [1.82, 2.24) is 0 Å². The van der Waals surface area contributed by atoms with Crippen LogP contribution < -0.4 is 38.8 Å². The number of benzene rings is 5. The third-order valence-electron chi connectivity index (χ3n) is 6.58. The molecule has 0 aliphatic rings. The second kappa shape index (κ2) is 14.3. The van der Waals surface area contributed by atoms with E-state index in [9.17, 15) is 0 Å². The van der Waals surface area contributed by atoms with E-state index in [0.717, 1.165) is 0 Å². The van der Waals surface area contributed by atoms with Crippen LogP contribution in [0.3, 0.4) is 0 Å². The quantitative estimate of drug-likeness (QED) is 0.102. The van der Waals surface area contributed by atoms with E-state index < -0.39 is 19.5 Å². The van der Waals surface area contributed by atoms with Crippen molar-refractivity contribution in [2.24, 2.45) is 0 Å². The Hall–Kier alpha value is -5.08. The van der Waals surface area contributed by atoms with Crippen molar-refractivity contribution < 1.29 is 38.8 Å². The molecule has 0 radical (unpaired) electrons. The van der Waals surface area contributed by atoms with Crippen LogP contribution in [-0.4, -0.2) is 55.0 Å². The van der Waals surface area contributed by atoms with E-state index in [1.54, 1.807) is 121 Å². The molecule has 5 aromatic carbocycles. The fourth-order valence-electron chi connectivity index (χ4n) is 4.46. The van der Waals surface area contributed by atoms with Crippen LogP contribution in [0.15, 0.2) is 121 Å². The molecule has 0 spiro atoms. The van der Waals surface area contributed by atoms with E-state index in [2.05, 4.69) is 0 Å². The number of ether oxygens (including phenoxy) is 5. The van der Waals surface area contributed by atoms with Crippen LogP contribution >= 0.6 is 0 Å². The van der Waals surface area contributed by atoms with E-state index in [-0.39, 0.29) is 28.7 Å². The molecule has 0 heterocycles. The molecular weight excluding hydrogens is 702 g/mol. The van der Waals surface area contributed by atoms with Gasteiger partial charge in [0.1, 0.15) is 0 Å². The van der Waals surface area contributed by atoms with Crippen molar-refractivity contribution in [3.05, 3.63) is 121 Å². The second-order valence-corrected chi connectivity index (χ2v) is 16.3. The van der Waals surface area contributed by atoms with Crippen LogP contribution in [0.25, 0.3) is 0 Å². The summed E-state index contributed by atoms with van der Waals surface area (Å²) in [6.45, 7) is 0. The third-order valence-corrected chi connectivity index (χ3v) is 13.6. The molecule has 10 nitrogen and oxygen atoms in total. The summed E-state index contributed by atoms with van der Waals surface area (Å²) in [4.78, 5) is 0. The summed E-state index contributed by atoms with van der Waals surface area (Å²) in [5, 5.41) is 0. The molecule has 0 aromatic heterocycles. The van der Waals surface area contributed by atoms with Crippen molar-refractivity contribution in [1.29, 1.82) is 0 Å². The number of para-hydroxylation sites is 10. The molecule has 11 heteroatoms. The van der Waals surface area contributed by atoms with Gasteiger partial charge in [-0.3, -0.25) is 0 Å². The van der Waals surface area contributed by atoms with Crippen molar-refractivity contribution in [2.45, 2.75) is 0 Å². The van der Waals surface area contributed by atoms with Crippen LogP contribution in [-0.2, 0) is 0 Å². The number of rotatable bonds is 15. The zero-order chi connectivity index (χ0) is 32.4. The van der Waals surface area contributed by atoms with Gasteiger partial charge in [-0.05, 0) is 0 Å². The van der Waals surface area contributed by atoms with Gasteiger partial charge in [-0.15, -0.1) is 0 Å². The van der Waals surface area contributed by atoms with Gasteiger partial charge in [-0.25, -0.2) is 0 Å². The summed E-state index contributed by atoms with van der Waals surface area (Å²) in [6.07, 6.45) is 0. The summed E-state index contributed by atoms with van der Waals surface area (Å²) in [7, 11) is 7.62. The number of methoxy groups -OCH3 is 5. The van der Waals surface area contributed by atoms with Gasteiger partial charge < -0.3 is 0 Å². The van der Waals surface area contributed by atoms with E-state index in [4.69, 9.17) is 38.8 Å². The van der Waals surface area contributed by atoms with Gasteiger partial charge in [0, 0.05) is 0 Å². The molecule has 0 bridgehead atoms. The Bertz CT molecular complexity index is 1460. The van der Waals surface area contributed by atoms with E-state index in [0.29, 0.717) is 28.7 Å². The molecular formula is C35H35O10Sb. The maximum absolute atomic E-state index is 6.99. The molecule has 0 atom stereocenters. The molecule has 0 N–H and O–H groups in total. The normalized spacial score (nSPS) is 11.6. The Morgan fingerprint density at radius 2 is 0.413 bits per heavy atom. The van der Waals surface area contributed by atoms with Crippen LogP contribution in [0.1, 0.15) is 0 Å². The van der Waals surface area contributed by atoms with Gasteiger partial charge in [0.2, 0.25) is 0 Å². The Morgan fingerprint density at radius 1 is 0.261 bits per heavy atom. The molecule has 5 aromatic rings. The zero-order valence-electron chi connectivity index (χ0n) is 26.1. The summed E-state index contributed by atoms with van der Waals surface area (Å²) in [5.74, 6) is 2.85. The third kappa shape index (κ3) is 6.92. The molecule has 0 fully saturated rings. The monoisotopic (exact) mass is 736 g/mol. The first-order valence-corrected chi connectivity index (χ1v) is 19.3. The molecule has 0 aliphatic heterocycles. The first kappa shape index (κ1) is 32.3. The van der Waals surface area contributed by atoms with Crippen molar-refractivity contribution in [3.63, 3.8) is 0 Å².